The molecule has 3 nitrogen and oxygen atoms in total. The van der Waals surface area contributed by atoms with Crippen molar-refractivity contribution in [3.63, 3.8) is 0 Å². The number of nitrogens with zero attached hydrogens (tertiary/aromatic N) is 2. The van der Waals surface area contributed by atoms with E-state index in [1.54, 1.807) is 0 Å². The molecule has 1 unspecified atom stereocenters. The molecular weight excluding hydrogens is 246 g/mol. The minimum atomic E-state index is 0.454. The normalized spacial score (nSPS) is 22.5. The van der Waals surface area contributed by atoms with E-state index in [4.69, 9.17) is 5.10 Å². The molecule has 0 amide bonds. The zero-order valence-corrected chi connectivity index (χ0v) is 11.8. The molecule has 2 heterocycles. The molecule has 2 aromatic rings. The molecule has 2 aliphatic rings. The van der Waals surface area contributed by atoms with Gasteiger partial charge in [0.05, 0.1) is 11.7 Å². The van der Waals surface area contributed by atoms with Crippen LogP contribution in [0.2, 0.25) is 0 Å². The summed E-state index contributed by atoms with van der Waals surface area (Å²) in [5, 5.41) is 8.39. The van der Waals surface area contributed by atoms with Crippen LogP contribution in [0.25, 0.3) is 0 Å². The fourth-order valence-corrected chi connectivity index (χ4v) is 3.69. The highest BCUT2D eigenvalue weighted by Crippen LogP contribution is 2.36. The van der Waals surface area contributed by atoms with Gasteiger partial charge in [-0.2, -0.15) is 5.10 Å². The number of anilines is 1. The van der Waals surface area contributed by atoms with Gasteiger partial charge < -0.3 is 5.32 Å². The maximum Gasteiger partial charge on any atom is 0.0700 e. The number of para-hydroxylation sites is 1. The molecule has 1 saturated carbocycles. The number of hydrogen-bond donors (Lipinski definition) is 1. The van der Waals surface area contributed by atoms with E-state index in [2.05, 4.69) is 46.5 Å². The van der Waals surface area contributed by atoms with Crippen molar-refractivity contribution in [2.45, 2.75) is 44.1 Å². The summed E-state index contributed by atoms with van der Waals surface area (Å²) in [6.45, 7) is 1.04. The van der Waals surface area contributed by atoms with Crippen LogP contribution in [0.4, 0.5) is 5.69 Å². The maximum absolute atomic E-state index is 4.90. The predicted octanol–water partition coefficient (Wildman–Crippen LogP) is 3.95. The van der Waals surface area contributed by atoms with Crippen LogP contribution in [0.5, 0.6) is 0 Å². The van der Waals surface area contributed by atoms with Crippen LogP contribution in [-0.2, 0) is 0 Å². The zero-order valence-electron chi connectivity index (χ0n) is 11.8. The quantitative estimate of drug-likeness (QED) is 0.893. The SMILES string of the molecule is c1ccc2c(c1)NCCC2c1ccn(C2CCCC2)n1. The second kappa shape index (κ2) is 4.97. The predicted molar refractivity (Wildman–Crippen MR) is 81.1 cm³/mol. The fourth-order valence-electron chi connectivity index (χ4n) is 3.69. The number of aromatic nitrogens is 2. The fraction of sp³-hybridized carbons (Fsp3) is 0.471. The molecule has 0 saturated heterocycles. The van der Waals surface area contributed by atoms with Crippen molar-refractivity contribution in [1.82, 2.24) is 9.78 Å². The summed E-state index contributed by atoms with van der Waals surface area (Å²) in [6, 6.07) is 11.5. The standard InChI is InChI=1S/C17H21N3/c1-2-6-13(5-1)20-12-10-17(19-20)15-9-11-18-16-8-4-3-7-14(15)16/h3-4,7-8,10,12-13,15,18H,1-2,5-6,9,11H2. The first-order valence-corrected chi connectivity index (χ1v) is 7.80. The highest BCUT2D eigenvalue weighted by atomic mass is 15.3. The summed E-state index contributed by atoms with van der Waals surface area (Å²) in [7, 11) is 0. The molecule has 3 heteroatoms. The van der Waals surface area contributed by atoms with Crippen molar-refractivity contribution in [1.29, 1.82) is 0 Å². The second-order valence-corrected chi connectivity index (χ2v) is 6.01. The minimum Gasteiger partial charge on any atom is -0.385 e. The Kier molecular flexibility index (Phi) is 2.98. The van der Waals surface area contributed by atoms with Gasteiger partial charge in [0.25, 0.3) is 0 Å². The van der Waals surface area contributed by atoms with Gasteiger partial charge in [-0.05, 0) is 37.0 Å². The van der Waals surface area contributed by atoms with Crippen LogP contribution in [0.1, 0.15) is 55.3 Å². The molecule has 0 radical (unpaired) electrons. The first kappa shape index (κ1) is 12.0. The zero-order chi connectivity index (χ0) is 13.4. The van der Waals surface area contributed by atoms with E-state index in [0.29, 0.717) is 12.0 Å². The van der Waals surface area contributed by atoms with E-state index in [9.17, 15) is 0 Å². The Morgan fingerprint density at radius 1 is 1.05 bits per heavy atom. The number of benzene rings is 1. The molecule has 1 atom stereocenters. The molecule has 4 rings (SSSR count). The lowest BCUT2D eigenvalue weighted by molar-refractivity contribution is 0.460. The summed E-state index contributed by atoms with van der Waals surface area (Å²) < 4.78 is 2.22. The van der Waals surface area contributed by atoms with Gasteiger partial charge in [-0.25, -0.2) is 0 Å². The third kappa shape index (κ3) is 2.01. The Bertz CT molecular complexity index is 596. The van der Waals surface area contributed by atoms with Crippen molar-refractivity contribution in [3.8, 4) is 0 Å². The maximum atomic E-state index is 4.90. The van der Waals surface area contributed by atoms with Crippen molar-refractivity contribution in [2.24, 2.45) is 0 Å². The van der Waals surface area contributed by atoms with E-state index < -0.39 is 0 Å². The molecule has 20 heavy (non-hydrogen) atoms. The summed E-state index contributed by atoms with van der Waals surface area (Å²) in [4.78, 5) is 0. The molecular formula is C17H21N3. The number of rotatable bonds is 2. The van der Waals surface area contributed by atoms with Crippen molar-refractivity contribution < 1.29 is 0 Å². The Labute approximate surface area is 120 Å². The molecule has 1 aliphatic heterocycles. The summed E-state index contributed by atoms with van der Waals surface area (Å²) >= 11 is 0. The van der Waals surface area contributed by atoms with Crippen LogP contribution in [0.15, 0.2) is 36.5 Å². The van der Waals surface area contributed by atoms with Gasteiger partial charge in [0.15, 0.2) is 0 Å². The highest BCUT2D eigenvalue weighted by molar-refractivity contribution is 5.56. The minimum absolute atomic E-state index is 0.454. The third-order valence-electron chi connectivity index (χ3n) is 4.77. The van der Waals surface area contributed by atoms with Gasteiger partial charge in [0.1, 0.15) is 0 Å². The molecule has 1 N–H and O–H groups in total. The Balaban J connectivity index is 1.65. The average Bonchev–Trinajstić information content (AvgIpc) is 3.17. The topological polar surface area (TPSA) is 29.9 Å². The molecule has 1 fully saturated rings. The van der Waals surface area contributed by atoms with Crippen LogP contribution in [-0.4, -0.2) is 16.3 Å². The number of fused-ring (bicyclic) bond motifs is 1. The molecule has 1 aromatic heterocycles. The van der Waals surface area contributed by atoms with E-state index in [-0.39, 0.29) is 0 Å². The van der Waals surface area contributed by atoms with E-state index in [1.807, 2.05) is 0 Å². The van der Waals surface area contributed by atoms with Crippen LogP contribution in [0, 0.1) is 0 Å². The smallest absolute Gasteiger partial charge is 0.0700 e. The highest BCUT2D eigenvalue weighted by Gasteiger charge is 2.24. The first-order valence-electron chi connectivity index (χ1n) is 7.80. The van der Waals surface area contributed by atoms with Gasteiger partial charge in [-0.3, -0.25) is 4.68 Å². The molecule has 0 bridgehead atoms. The van der Waals surface area contributed by atoms with Crippen molar-refractivity contribution in [2.75, 3.05) is 11.9 Å². The van der Waals surface area contributed by atoms with Crippen LogP contribution in [0.3, 0.4) is 0 Å². The van der Waals surface area contributed by atoms with Gasteiger partial charge in [0.2, 0.25) is 0 Å². The van der Waals surface area contributed by atoms with Gasteiger partial charge in [-0.15, -0.1) is 0 Å². The monoisotopic (exact) mass is 267 g/mol. The lowest BCUT2D eigenvalue weighted by Gasteiger charge is -2.25. The number of hydrogen-bond acceptors (Lipinski definition) is 2. The largest absolute Gasteiger partial charge is 0.385 e. The molecule has 0 spiro atoms. The van der Waals surface area contributed by atoms with Gasteiger partial charge >= 0.3 is 0 Å². The van der Waals surface area contributed by atoms with E-state index >= 15 is 0 Å². The molecule has 1 aromatic carbocycles. The average molecular weight is 267 g/mol. The van der Waals surface area contributed by atoms with E-state index in [0.717, 1.165) is 13.0 Å². The van der Waals surface area contributed by atoms with E-state index in [1.165, 1.54) is 42.6 Å². The Hall–Kier alpha value is -1.77. The Morgan fingerprint density at radius 2 is 1.90 bits per heavy atom. The summed E-state index contributed by atoms with van der Waals surface area (Å²) in [5.41, 5.74) is 3.92. The number of nitrogens with one attached hydrogen (secondary N) is 1. The molecule has 1 aliphatic carbocycles. The summed E-state index contributed by atoms with van der Waals surface area (Å²) in [5.74, 6) is 0.454. The van der Waals surface area contributed by atoms with Crippen LogP contribution >= 0.6 is 0 Å². The van der Waals surface area contributed by atoms with Gasteiger partial charge in [-0.1, -0.05) is 31.0 Å². The van der Waals surface area contributed by atoms with Crippen molar-refractivity contribution in [3.05, 3.63) is 47.8 Å². The van der Waals surface area contributed by atoms with Crippen LogP contribution < -0.4 is 5.32 Å². The lowest BCUT2D eigenvalue weighted by Crippen LogP contribution is -2.18. The van der Waals surface area contributed by atoms with Gasteiger partial charge in [0, 0.05) is 24.3 Å². The summed E-state index contributed by atoms with van der Waals surface area (Å²) in [6.07, 6.45) is 8.63. The van der Waals surface area contributed by atoms with Crippen molar-refractivity contribution >= 4 is 5.69 Å². The first-order chi connectivity index (χ1) is 9.92. The second-order valence-electron chi connectivity index (χ2n) is 6.01. The third-order valence-corrected chi connectivity index (χ3v) is 4.77. The molecule has 104 valence electrons. The lowest BCUT2D eigenvalue weighted by atomic mass is 9.88. The Morgan fingerprint density at radius 3 is 2.80 bits per heavy atom.